The van der Waals surface area contributed by atoms with Gasteiger partial charge in [-0.15, -0.1) is 11.3 Å². The molecule has 0 unspecified atom stereocenters. The average molecular weight is 681 g/mol. The second kappa shape index (κ2) is 10.9. The SMILES string of the molecule is [2H]c1c([2H])c([2H])c2c(sc3c2c([2H])c([2H])c2c4c([2H])c([2H])c([2H])c([2H])c4n(-c4nc(-c5ccc(-c6ccccc6)cc5)nc(-c5ccc6c(c5)oc5ccccc56)n4)c32)c1[2H]. The van der Waals surface area contributed by atoms with E-state index in [1.54, 1.807) is 0 Å². The quantitative estimate of drug-likeness (QED) is 0.186. The fraction of sp³-hybridized carbons (Fsp3) is 0. The molecule has 0 aliphatic carbocycles. The van der Waals surface area contributed by atoms with Crippen LogP contribution in [0.2, 0.25) is 0 Å². The van der Waals surface area contributed by atoms with Gasteiger partial charge in [-0.2, -0.15) is 9.97 Å². The highest BCUT2D eigenvalue weighted by Gasteiger charge is 2.21. The van der Waals surface area contributed by atoms with Crippen molar-refractivity contribution in [2.75, 3.05) is 0 Å². The maximum Gasteiger partial charge on any atom is 0.238 e. The lowest BCUT2D eigenvalue weighted by Gasteiger charge is -2.11. The lowest BCUT2D eigenvalue weighted by molar-refractivity contribution is 0.669. The first-order valence-electron chi connectivity index (χ1n) is 21.1. The van der Waals surface area contributed by atoms with E-state index < -0.39 is 36.3 Å². The van der Waals surface area contributed by atoms with E-state index in [1.165, 1.54) is 4.57 Å². The molecule has 0 fully saturated rings. The van der Waals surface area contributed by atoms with Gasteiger partial charge in [-0.1, -0.05) is 127 Å². The Bertz CT molecular complexity index is 3720. The Balaban J connectivity index is 1.28. The molecule has 51 heavy (non-hydrogen) atoms. The molecule has 7 aromatic carbocycles. The molecule has 0 saturated carbocycles. The van der Waals surface area contributed by atoms with Gasteiger partial charge < -0.3 is 4.42 Å². The highest BCUT2D eigenvalue weighted by Crippen LogP contribution is 2.43. The van der Waals surface area contributed by atoms with Gasteiger partial charge in [0.15, 0.2) is 11.6 Å². The summed E-state index contributed by atoms with van der Waals surface area (Å²) < 4.78 is 97.2. The van der Waals surface area contributed by atoms with Gasteiger partial charge >= 0.3 is 0 Å². The van der Waals surface area contributed by atoms with Crippen molar-refractivity contribution >= 4 is 75.3 Å². The van der Waals surface area contributed by atoms with E-state index in [9.17, 15) is 4.11 Å². The molecule has 0 aliphatic rings. The summed E-state index contributed by atoms with van der Waals surface area (Å²) in [6.45, 7) is 0. The number of hydrogen-bond acceptors (Lipinski definition) is 5. The van der Waals surface area contributed by atoms with Gasteiger partial charge in [0.25, 0.3) is 0 Å². The molecule has 0 atom stereocenters. The maximum atomic E-state index is 9.42. The topological polar surface area (TPSA) is 56.7 Å². The Labute approximate surface area is 309 Å². The van der Waals surface area contributed by atoms with Gasteiger partial charge in [0.2, 0.25) is 5.95 Å². The molecule has 0 bridgehead atoms. The second-order valence-electron chi connectivity index (χ2n) is 12.1. The van der Waals surface area contributed by atoms with Crippen LogP contribution in [0.1, 0.15) is 13.7 Å². The van der Waals surface area contributed by atoms with Gasteiger partial charge in [-0.05, 0) is 41.4 Å². The van der Waals surface area contributed by atoms with Crippen LogP contribution in [0.25, 0.3) is 104 Å². The Morgan fingerprint density at radius 3 is 2.06 bits per heavy atom. The van der Waals surface area contributed by atoms with E-state index in [4.69, 9.17) is 29.0 Å². The first kappa shape index (κ1) is 20.1. The van der Waals surface area contributed by atoms with Crippen LogP contribution >= 0.6 is 11.3 Å². The van der Waals surface area contributed by atoms with Gasteiger partial charge in [0.1, 0.15) is 11.2 Å². The molecule has 5 nitrogen and oxygen atoms in total. The van der Waals surface area contributed by atoms with Crippen molar-refractivity contribution in [3.05, 3.63) is 157 Å². The van der Waals surface area contributed by atoms with Gasteiger partial charge in [-0.25, -0.2) is 4.98 Å². The number of rotatable bonds is 4. The van der Waals surface area contributed by atoms with Gasteiger partial charge in [0.05, 0.1) is 29.4 Å². The lowest BCUT2D eigenvalue weighted by Crippen LogP contribution is -2.06. The molecule has 0 radical (unpaired) electrons. The highest BCUT2D eigenvalue weighted by molar-refractivity contribution is 7.26. The predicted octanol–water partition coefficient (Wildman–Crippen LogP) is 12.2. The van der Waals surface area contributed by atoms with Crippen molar-refractivity contribution in [3.63, 3.8) is 0 Å². The Morgan fingerprint density at radius 2 is 1.18 bits per heavy atom. The average Bonchev–Trinajstić information content (AvgIpc) is 3.99. The van der Waals surface area contributed by atoms with Gasteiger partial charge in [0, 0.05) is 48.1 Å². The smallest absolute Gasteiger partial charge is 0.238 e. The van der Waals surface area contributed by atoms with Crippen LogP contribution in [0.4, 0.5) is 0 Å². The largest absolute Gasteiger partial charge is 0.456 e. The van der Waals surface area contributed by atoms with E-state index in [1.807, 2.05) is 97.1 Å². The zero-order chi connectivity index (χ0) is 42.2. The molecule has 11 aromatic rings. The first-order valence-corrected chi connectivity index (χ1v) is 16.9. The molecular formula is C45H26N4OS. The van der Waals surface area contributed by atoms with E-state index >= 15 is 0 Å². The van der Waals surface area contributed by atoms with Crippen LogP contribution in [0.15, 0.2) is 162 Å². The predicted molar refractivity (Wildman–Crippen MR) is 211 cm³/mol. The van der Waals surface area contributed by atoms with Crippen LogP contribution < -0.4 is 0 Å². The second-order valence-corrected chi connectivity index (χ2v) is 13.1. The van der Waals surface area contributed by atoms with Crippen LogP contribution in [-0.4, -0.2) is 19.5 Å². The fourth-order valence-electron chi connectivity index (χ4n) is 6.79. The monoisotopic (exact) mass is 680 g/mol. The third-order valence-corrected chi connectivity index (χ3v) is 10.3. The summed E-state index contributed by atoms with van der Waals surface area (Å²) in [7, 11) is 0. The minimum absolute atomic E-state index is 0.0285. The third-order valence-electron chi connectivity index (χ3n) is 9.17. The fourth-order valence-corrected chi connectivity index (χ4v) is 7.90. The van der Waals surface area contributed by atoms with Crippen molar-refractivity contribution in [3.8, 4) is 39.9 Å². The number of fused-ring (bicyclic) bond motifs is 10. The van der Waals surface area contributed by atoms with Crippen LogP contribution in [-0.2, 0) is 0 Å². The first-order chi connectivity index (χ1) is 29.4. The zero-order valence-corrected chi connectivity index (χ0v) is 27.2. The minimum atomic E-state index is -0.535. The van der Waals surface area contributed by atoms with Crippen LogP contribution in [0.5, 0.6) is 0 Å². The number of thiophene rings is 1. The maximum absolute atomic E-state index is 9.42. The Morgan fingerprint density at radius 1 is 0.510 bits per heavy atom. The standard InChI is InChI=1S/C45H26N4OS/c1-2-10-27(11-3-1)28-18-20-29(21-19-28)43-46-44(30-22-23-33-32-13-5-8-16-38(32)50-39(33)26-30)48-45(47-43)49-37-15-7-4-12-31(37)35-24-25-36-34-14-6-9-17-40(34)51-42(36)41(35)49/h1-26H/i4D,6D,7D,9D,12D,14D,15D,17D,24D,25D. The van der Waals surface area contributed by atoms with Crippen molar-refractivity contribution in [2.45, 2.75) is 0 Å². The van der Waals surface area contributed by atoms with Crippen molar-refractivity contribution in [1.82, 2.24) is 19.5 Å². The number of aromatic nitrogens is 4. The van der Waals surface area contributed by atoms with Gasteiger partial charge in [-0.3, -0.25) is 4.57 Å². The van der Waals surface area contributed by atoms with E-state index in [0.29, 0.717) is 22.3 Å². The van der Waals surface area contributed by atoms with Crippen molar-refractivity contribution in [2.24, 2.45) is 0 Å². The third kappa shape index (κ3) is 4.37. The molecule has 11 rings (SSSR count). The molecule has 4 aromatic heterocycles. The molecule has 4 heterocycles. The molecule has 6 heteroatoms. The molecule has 0 aliphatic heterocycles. The molecule has 0 saturated heterocycles. The molecule has 0 N–H and O–H groups in total. The van der Waals surface area contributed by atoms with Crippen LogP contribution in [0.3, 0.4) is 0 Å². The number of hydrogen-bond donors (Lipinski definition) is 0. The summed E-state index contributed by atoms with van der Waals surface area (Å²) in [6.07, 6.45) is 0. The number of para-hydroxylation sites is 2. The molecule has 0 amide bonds. The van der Waals surface area contributed by atoms with E-state index in [-0.39, 0.29) is 83.7 Å². The summed E-state index contributed by atoms with van der Waals surface area (Å²) in [4.78, 5) is 15.0. The van der Waals surface area contributed by atoms with Crippen molar-refractivity contribution in [1.29, 1.82) is 0 Å². The summed E-state index contributed by atoms with van der Waals surface area (Å²) in [5.74, 6) is 0.383. The highest BCUT2D eigenvalue weighted by atomic mass is 32.1. The number of benzene rings is 7. The summed E-state index contributed by atoms with van der Waals surface area (Å²) in [5.41, 5.74) is 4.56. The molecule has 238 valence electrons. The Hall–Kier alpha value is -6.63. The summed E-state index contributed by atoms with van der Waals surface area (Å²) >= 11 is 0.991. The number of furan rings is 1. The molecular weight excluding hydrogens is 645 g/mol. The number of nitrogens with zero attached hydrogens (tertiary/aromatic N) is 4. The van der Waals surface area contributed by atoms with Crippen molar-refractivity contribution < 1.29 is 18.1 Å². The lowest BCUT2D eigenvalue weighted by atomic mass is 10.0. The Kier molecular flexibility index (Phi) is 4.32. The summed E-state index contributed by atoms with van der Waals surface area (Å²) in [6, 6.07) is 26.6. The minimum Gasteiger partial charge on any atom is -0.456 e. The van der Waals surface area contributed by atoms with Crippen LogP contribution in [0, 0.1) is 0 Å². The van der Waals surface area contributed by atoms with E-state index in [0.717, 1.165) is 33.2 Å². The summed E-state index contributed by atoms with van der Waals surface area (Å²) in [5, 5.41) is 1.98. The molecule has 0 spiro atoms. The van der Waals surface area contributed by atoms with E-state index in [2.05, 4.69) is 0 Å². The zero-order valence-electron chi connectivity index (χ0n) is 36.3. The normalized spacial score (nSPS) is 14.7.